The summed E-state index contributed by atoms with van der Waals surface area (Å²) in [6, 6.07) is 26.4. The second-order valence-corrected chi connectivity index (χ2v) is 10.1. The third kappa shape index (κ3) is 9.01. The van der Waals surface area contributed by atoms with Crippen LogP contribution in [0.25, 0.3) is 10.8 Å². The molecule has 0 aliphatic heterocycles. The molecule has 4 aromatic carbocycles. The first kappa shape index (κ1) is 28.9. The maximum atomic E-state index is 10.8. The van der Waals surface area contributed by atoms with E-state index in [1.807, 2.05) is 78.9 Å². The lowest BCUT2D eigenvalue weighted by molar-refractivity contribution is 0.306. The molecule has 0 unspecified atom stereocenters. The van der Waals surface area contributed by atoms with Crippen molar-refractivity contribution in [1.29, 1.82) is 0 Å². The fraction of sp³-hybridized carbons (Fsp3) is 0.353. The fourth-order valence-electron chi connectivity index (χ4n) is 4.61. The van der Waals surface area contributed by atoms with E-state index in [-0.39, 0.29) is 5.75 Å². The van der Waals surface area contributed by atoms with Crippen molar-refractivity contribution in [3.05, 3.63) is 84.9 Å². The molecular formula is C34H40N4O2. The monoisotopic (exact) mass is 536 g/mol. The molecule has 208 valence electrons. The van der Waals surface area contributed by atoms with Gasteiger partial charge in [-0.2, -0.15) is 15.3 Å². The average Bonchev–Trinajstić information content (AvgIpc) is 2.99. The Morgan fingerprint density at radius 2 is 1.05 bits per heavy atom. The van der Waals surface area contributed by atoms with Gasteiger partial charge in [0.15, 0.2) is 0 Å². The van der Waals surface area contributed by atoms with E-state index in [2.05, 4.69) is 27.4 Å². The van der Waals surface area contributed by atoms with Gasteiger partial charge >= 0.3 is 0 Å². The summed E-state index contributed by atoms with van der Waals surface area (Å²) in [5, 5.41) is 29.8. The average molecular weight is 537 g/mol. The van der Waals surface area contributed by atoms with Crippen LogP contribution in [0.1, 0.15) is 71.1 Å². The minimum absolute atomic E-state index is 0.0498. The molecule has 0 amide bonds. The second-order valence-electron chi connectivity index (χ2n) is 10.1. The van der Waals surface area contributed by atoms with Crippen molar-refractivity contribution in [2.24, 2.45) is 20.5 Å². The van der Waals surface area contributed by atoms with Crippen LogP contribution in [0.4, 0.5) is 22.7 Å². The van der Waals surface area contributed by atoms with Crippen LogP contribution < -0.4 is 4.74 Å². The quantitative estimate of drug-likeness (QED) is 0.114. The number of unbranched alkanes of at least 4 members (excludes halogenated alkanes) is 9. The van der Waals surface area contributed by atoms with Crippen molar-refractivity contribution in [3.63, 3.8) is 0 Å². The van der Waals surface area contributed by atoms with Gasteiger partial charge in [0.05, 0.1) is 23.7 Å². The Morgan fingerprint density at radius 1 is 0.550 bits per heavy atom. The Kier molecular flexibility index (Phi) is 11.7. The van der Waals surface area contributed by atoms with Crippen LogP contribution >= 0.6 is 0 Å². The highest BCUT2D eigenvalue weighted by atomic mass is 16.5. The Morgan fingerprint density at radius 3 is 1.68 bits per heavy atom. The van der Waals surface area contributed by atoms with Gasteiger partial charge in [-0.3, -0.25) is 0 Å². The van der Waals surface area contributed by atoms with Gasteiger partial charge in [0.1, 0.15) is 17.2 Å². The summed E-state index contributed by atoms with van der Waals surface area (Å²) >= 11 is 0. The molecule has 4 rings (SSSR count). The van der Waals surface area contributed by atoms with Gasteiger partial charge in [0.2, 0.25) is 0 Å². The number of rotatable bonds is 16. The maximum Gasteiger partial charge on any atom is 0.147 e. The van der Waals surface area contributed by atoms with Crippen molar-refractivity contribution in [3.8, 4) is 11.5 Å². The Labute approximate surface area is 237 Å². The molecule has 0 bridgehead atoms. The zero-order chi connectivity index (χ0) is 27.8. The van der Waals surface area contributed by atoms with E-state index in [0.717, 1.165) is 35.0 Å². The highest BCUT2D eigenvalue weighted by Crippen LogP contribution is 2.41. The van der Waals surface area contributed by atoms with E-state index in [1.54, 1.807) is 6.07 Å². The van der Waals surface area contributed by atoms with Gasteiger partial charge in [-0.05, 0) is 42.8 Å². The van der Waals surface area contributed by atoms with E-state index < -0.39 is 0 Å². The SMILES string of the molecule is CCCCCCCCCCCCOc1cc(O)c(N=Nc2ccc(N=Nc3ccccc3)cc2)c2ccccc12. The highest BCUT2D eigenvalue weighted by Gasteiger charge is 2.12. The van der Waals surface area contributed by atoms with Gasteiger partial charge in [0.25, 0.3) is 0 Å². The summed E-state index contributed by atoms with van der Waals surface area (Å²) in [5.41, 5.74) is 2.60. The molecule has 0 radical (unpaired) electrons. The van der Waals surface area contributed by atoms with Crippen LogP contribution in [-0.2, 0) is 0 Å². The van der Waals surface area contributed by atoms with Crippen LogP contribution in [-0.4, -0.2) is 11.7 Å². The highest BCUT2D eigenvalue weighted by molar-refractivity contribution is 5.99. The largest absolute Gasteiger partial charge is 0.505 e. The van der Waals surface area contributed by atoms with Crippen molar-refractivity contribution < 1.29 is 9.84 Å². The molecule has 0 spiro atoms. The fourth-order valence-corrected chi connectivity index (χ4v) is 4.61. The summed E-state index contributed by atoms with van der Waals surface area (Å²) in [4.78, 5) is 0. The molecule has 6 heteroatoms. The molecule has 0 aliphatic carbocycles. The van der Waals surface area contributed by atoms with Crippen LogP contribution in [0, 0.1) is 0 Å². The van der Waals surface area contributed by atoms with Gasteiger partial charge in [0, 0.05) is 16.8 Å². The minimum atomic E-state index is 0.0498. The standard InChI is InChI=1S/C34H40N4O2/c1-2-3-4-5-6-7-8-9-10-16-25-40-33-26-32(39)34(31-20-15-14-19-30(31)33)38-37-29-23-21-28(22-24-29)36-35-27-17-12-11-13-18-27/h11-15,17-24,26,39H,2-10,16,25H2,1H3. The maximum absolute atomic E-state index is 10.8. The van der Waals surface area contributed by atoms with Crippen LogP contribution in [0.5, 0.6) is 11.5 Å². The molecule has 6 nitrogen and oxygen atoms in total. The lowest BCUT2D eigenvalue weighted by Crippen LogP contribution is -1.98. The lowest BCUT2D eigenvalue weighted by atomic mass is 10.1. The number of fused-ring (bicyclic) bond motifs is 1. The van der Waals surface area contributed by atoms with E-state index in [0.29, 0.717) is 23.7 Å². The van der Waals surface area contributed by atoms with Crippen LogP contribution in [0.15, 0.2) is 105 Å². The summed E-state index contributed by atoms with van der Waals surface area (Å²) in [6.45, 7) is 2.89. The number of hydrogen-bond acceptors (Lipinski definition) is 6. The zero-order valence-electron chi connectivity index (χ0n) is 23.5. The van der Waals surface area contributed by atoms with E-state index >= 15 is 0 Å². The molecule has 0 aromatic heterocycles. The number of phenols is 1. The van der Waals surface area contributed by atoms with E-state index in [9.17, 15) is 5.11 Å². The molecule has 0 fully saturated rings. The number of aromatic hydroxyl groups is 1. The molecule has 1 N–H and O–H groups in total. The molecule has 0 aliphatic rings. The summed E-state index contributed by atoms with van der Waals surface area (Å²) in [6.07, 6.45) is 12.8. The number of azo groups is 2. The van der Waals surface area contributed by atoms with Gasteiger partial charge in [-0.25, -0.2) is 0 Å². The van der Waals surface area contributed by atoms with Crippen LogP contribution in [0.2, 0.25) is 0 Å². The molecule has 0 saturated heterocycles. The smallest absolute Gasteiger partial charge is 0.147 e. The Balaban J connectivity index is 1.32. The molecule has 0 saturated carbocycles. The second kappa shape index (κ2) is 16.1. The number of phenolic OH excluding ortho intramolecular Hbond substituents is 1. The molecule has 0 heterocycles. The third-order valence-electron chi connectivity index (χ3n) is 6.87. The first-order chi connectivity index (χ1) is 19.7. The summed E-state index contributed by atoms with van der Waals surface area (Å²) in [5.74, 6) is 0.727. The third-order valence-corrected chi connectivity index (χ3v) is 6.87. The van der Waals surface area contributed by atoms with Gasteiger partial charge in [-0.15, -0.1) is 5.11 Å². The summed E-state index contributed by atoms with van der Waals surface area (Å²) in [7, 11) is 0. The Bertz CT molecular complexity index is 1370. The zero-order valence-corrected chi connectivity index (χ0v) is 23.5. The predicted octanol–water partition coefficient (Wildman–Crippen LogP) is 11.7. The van der Waals surface area contributed by atoms with Crippen LogP contribution in [0.3, 0.4) is 0 Å². The van der Waals surface area contributed by atoms with E-state index in [4.69, 9.17) is 4.74 Å². The topological polar surface area (TPSA) is 78.9 Å². The van der Waals surface area contributed by atoms with Gasteiger partial charge < -0.3 is 9.84 Å². The molecule has 40 heavy (non-hydrogen) atoms. The first-order valence-electron chi connectivity index (χ1n) is 14.6. The summed E-state index contributed by atoms with van der Waals surface area (Å²) < 4.78 is 6.11. The number of nitrogens with zero attached hydrogens (tertiary/aromatic N) is 4. The predicted molar refractivity (Wildman–Crippen MR) is 164 cm³/mol. The lowest BCUT2D eigenvalue weighted by Gasteiger charge is -2.12. The molecule has 0 atom stereocenters. The number of hydrogen-bond donors (Lipinski definition) is 1. The van der Waals surface area contributed by atoms with Crippen molar-refractivity contribution in [2.75, 3.05) is 6.61 Å². The molecular weight excluding hydrogens is 496 g/mol. The minimum Gasteiger partial charge on any atom is -0.505 e. The normalized spacial score (nSPS) is 11.6. The van der Waals surface area contributed by atoms with Crippen molar-refractivity contribution in [1.82, 2.24) is 0 Å². The van der Waals surface area contributed by atoms with Crippen molar-refractivity contribution >= 4 is 33.5 Å². The van der Waals surface area contributed by atoms with E-state index in [1.165, 1.54) is 51.4 Å². The Hall–Kier alpha value is -4.06. The number of ether oxygens (including phenoxy) is 1. The van der Waals surface area contributed by atoms with Gasteiger partial charge in [-0.1, -0.05) is 107 Å². The number of benzene rings is 4. The molecule has 4 aromatic rings. The first-order valence-corrected chi connectivity index (χ1v) is 14.6. The van der Waals surface area contributed by atoms with Crippen molar-refractivity contribution in [2.45, 2.75) is 71.1 Å².